The molecule has 0 atom stereocenters. The molecule has 0 aromatic heterocycles. The maximum atomic E-state index is 11.0. The minimum atomic E-state index is 0.317. The van der Waals surface area contributed by atoms with Gasteiger partial charge in [-0.05, 0) is 137 Å². The number of hydrogen-bond acceptors (Lipinski definition) is 1. The van der Waals surface area contributed by atoms with Crippen LogP contribution >= 0.6 is 0 Å². The van der Waals surface area contributed by atoms with E-state index in [1.807, 2.05) is 0 Å². The van der Waals surface area contributed by atoms with Crippen LogP contribution in [0.2, 0.25) is 0 Å². The average molecular weight is 764 g/mol. The molecule has 0 aliphatic carbocycles. The number of anilines is 4. The first kappa shape index (κ1) is 34.1. The molecule has 280 valence electrons. The molecule has 0 bridgehead atoms. The molecule has 0 aliphatic heterocycles. The van der Waals surface area contributed by atoms with Crippen molar-refractivity contribution in [2.24, 2.45) is 0 Å². The first-order chi connectivity index (χ1) is 29.6. The summed E-state index contributed by atoms with van der Waals surface area (Å²) in [6.45, 7) is 0. The quantitative estimate of drug-likeness (QED) is 0.110. The molecule has 0 fully saturated rings. The van der Waals surface area contributed by atoms with Gasteiger partial charge in [-0.1, -0.05) is 146 Å². The topological polar surface area (TPSA) is 30.3 Å². The van der Waals surface area contributed by atoms with E-state index in [1.165, 1.54) is 21.5 Å². The minimum absolute atomic E-state index is 0.317. The lowest BCUT2D eigenvalue weighted by Crippen LogP contribution is -2.39. The Morgan fingerprint density at radius 1 is 0.233 bits per heavy atom. The third-order valence-electron chi connectivity index (χ3n) is 12.3. The molecule has 0 heterocycles. The molecule has 0 saturated carbocycles. The Hall–Kier alpha value is -8.01. The first-order valence-corrected chi connectivity index (χ1v) is 20.5. The minimum Gasteiger partial charge on any atom is -0.280 e. The van der Waals surface area contributed by atoms with Crippen LogP contribution in [-0.4, -0.2) is 5.96 Å². The molecular weight excluding hydrogens is 727 g/mol. The van der Waals surface area contributed by atoms with Crippen LogP contribution in [0.4, 0.5) is 22.7 Å². The van der Waals surface area contributed by atoms with Crippen molar-refractivity contribution in [3.63, 3.8) is 0 Å². The second kappa shape index (κ2) is 13.5. The fourth-order valence-corrected chi connectivity index (χ4v) is 9.40. The number of guanidine groups is 1. The molecule has 1 N–H and O–H groups in total. The Kier molecular flexibility index (Phi) is 7.69. The highest BCUT2D eigenvalue weighted by atomic mass is 15.4. The summed E-state index contributed by atoms with van der Waals surface area (Å²) in [5.74, 6) is 0.317. The van der Waals surface area contributed by atoms with E-state index in [2.05, 4.69) is 228 Å². The van der Waals surface area contributed by atoms with E-state index >= 15 is 0 Å². The first-order valence-electron chi connectivity index (χ1n) is 20.5. The number of nitrogens with zero attached hydrogens (tertiary/aromatic N) is 2. The normalized spacial score (nSPS) is 11.7. The molecule has 12 aromatic carbocycles. The molecule has 12 rings (SSSR count). The van der Waals surface area contributed by atoms with Gasteiger partial charge in [-0.25, -0.2) is 0 Å². The van der Waals surface area contributed by atoms with E-state index in [9.17, 15) is 5.41 Å². The van der Waals surface area contributed by atoms with Crippen LogP contribution < -0.4 is 9.80 Å². The highest BCUT2D eigenvalue weighted by Gasteiger charge is 2.29. The van der Waals surface area contributed by atoms with E-state index < -0.39 is 0 Å². The van der Waals surface area contributed by atoms with Gasteiger partial charge in [-0.15, -0.1) is 0 Å². The molecule has 0 unspecified atom stereocenters. The van der Waals surface area contributed by atoms with Gasteiger partial charge in [0, 0.05) is 21.5 Å². The van der Waals surface area contributed by atoms with Crippen molar-refractivity contribution in [3.05, 3.63) is 218 Å². The van der Waals surface area contributed by atoms with E-state index in [-0.39, 0.29) is 0 Å². The number of benzene rings is 12. The molecule has 3 nitrogen and oxygen atoms in total. The van der Waals surface area contributed by atoms with Crippen LogP contribution in [0.15, 0.2) is 218 Å². The second-order valence-corrected chi connectivity index (χ2v) is 15.8. The van der Waals surface area contributed by atoms with Gasteiger partial charge in [-0.2, -0.15) is 0 Å². The number of nitrogens with one attached hydrogen (secondary N) is 1. The van der Waals surface area contributed by atoms with Crippen LogP contribution in [0.5, 0.6) is 0 Å². The summed E-state index contributed by atoms with van der Waals surface area (Å²) in [6, 6.07) is 78.4. The second-order valence-electron chi connectivity index (χ2n) is 15.8. The molecule has 3 heteroatoms. The van der Waals surface area contributed by atoms with Crippen molar-refractivity contribution in [2.45, 2.75) is 0 Å². The predicted octanol–water partition coefficient (Wildman–Crippen LogP) is 15.8. The predicted molar refractivity (Wildman–Crippen MR) is 258 cm³/mol. The van der Waals surface area contributed by atoms with Crippen LogP contribution in [0.1, 0.15) is 0 Å². The van der Waals surface area contributed by atoms with Crippen molar-refractivity contribution in [3.8, 4) is 0 Å². The van der Waals surface area contributed by atoms with Crippen LogP contribution in [0.25, 0.3) is 86.2 Å². The van der Waals surface area contributed by atoms with Gasteiger partial charge in [0.15, 0.2) is 0 Å². The van der Waals surface area contributed by atoms with Gasteiger partial charge in [0.05, 0.1) is 22.7 Å². The maximum Gasteiger partial charge on any atom is 0.212 e. The van der Waals surface area contributed by atoms with Gasteiger partial charge in [0.1, 0.15) is 0 Å². The molecule has 60 heavy (non-hydrogen) atoms. The highest BCUT2D eigenvalue weighted by molar-refractivity contribution is 6.25. The zero-order valence-corrected chi connectivity index (χ0v) is 32.7. The third-order valence-corrected chi connectivity index (χ3v) is 12.3. The summed E-state index contributed by atoms with van der Waals surface area (Å²) >= 11 is 0. The van der Waals surface area contributed by atoms with Crippen molar-refractivity contribution in [2.75, 3.05) is 9.80 Å². The fraction of sp³-hybridized carbons (Fsp3) is 0. The Bertz CT molecular complexity index is 3230. The van der Waals surface area contributed by atoms with E-state index in [0.717, 1.165) is 87.4 Å². The average Bonchev–Trinajstić information content (AvgIpc) is 3.29. The molecule has 0 spiro atoms. The Morgan fingerprint density at radius 2 is 0.433 bits per heavy atom. The van der Waals surface area contributed by atoms with Gasteiger partial charge in [0.25, 0.3) is 0 Å². The highest BCUT2D eigenvalue weighted by Crippen LogP contribution is 2.44. The van der Waals surface area contributed by atoms with Gasteiger partial charge in [0.2, 0.25) is 5.96 Å². The van der Waals surface area contributed by atoms with E-state index in [4.69, 9.17) is 0 Å². The molecular formula is C57H37N3. The molecule has 0 saturated heterocycles. The third kappa shape index (κ3) is 5.48. The summed E-state index contributed by atoms with van der Waals surface area (Å²) in [4.78, 5) is 4.38. The van der Waals surface area contributed by atoms with Crippen LogP contribution in [0.3, 0.4) is 0 Å². The Morgan fingerprint density at radius 3 is 0.667 bits per heavy atom. The molecule has 0 radical (unpaired) electrons. The SMILES string of the molecule is N=C(N(c1cccc2cc3ccccc3cc12)c1cccc2cc3ccccc3cc12)N(c1cccc2cc3ccccc3cc12)c1cccc2cc3ccccc3cc12. The zero-order chi connectivity index (χ0) is 39.7. The van der Waals surface area contributed by atoms with Crippen LogP contribution in [-0.2, 0) is 0 Å². The maximum absolute atomic E-state index is 11.0. The number of hydrogen-bond donors (Lipinski definition) is 1. The summed E-state index contributed by atoms with van der Waals surface area (Å²) in [6.07, 6.45) is 0. The summed E-state index contributed by atoms with van der Waals surface area (Å²) < 4.78 is 0. The van der Waals surface area contributed by atoms with Crippen molar-refractivity contribution in [1.29, 1.82) is 5.41 Å². The van der Waals surface area contributed by atoms with E-state index in [1.54, 1.807) is 0 Å². The Labute approximate surface area is 347 Å². The number of rotatable bonds is 4. The van der Waals surface area contributed by atoms with Crippen LogP contribution in [0, 0.1) is 5.41 Å². The summed E-state index contributed by atoms with van der Waals surface area (Å²) in [5.41, 5.74) is 3.74. The standard InChI is InChI=1S/C57H37N3/c58-57(59(53-25-9-21-45-29-37-13-1-5-17-41(37)33-49(45)53)54-26-10-22-46-30-38-14-2-6-18-42(38)34-50(46)54)60(55-27-11-23-47-31-39-15-3-7-19-43(39)35-51(47)55)56-28-12-24-48-32-40-16-4-8-20-44(40)36-52(48)56/h1-36,58H. The van der Waals surface area contributed by atoms with Crippen molar-refractivity contribution in [1.82, 2.24) is 0 Å². The van der Waals surface area contributed by atoms with Crippen molar-refractivity contribution >= 4 is 115 Å². The fourth-order valence-electron chi connectivity index (χ4n) is 9.40. The van der Waals surface area contributed by atoms with E-state index in [0.29, 0.717) is 5.96 Å². The lowest BCUT2D eigenvalue weighted by molar-refractivity contribution is 1.21. The Balaban J connectivity index is 1.20. The van der Waals surface area contributed by atoms with Gasteiger partial charge >= 0.3 is 0 Å². The lowest BCUT2D eigenvalue weighted by Gasteiger charge is -2.36. The van der Waals surface area contributed by atoms with Gasteiger partial charge in [-0.3, -0.25) is 15.2 Å². The largest absolute Gasteiger partial charge is 0.280 e. The smallest absolute Gasteiger partial charge is 0.212 e. The molecule has 12 aromatic rings. The summed E-state index contributed by atoms with van der Waals surface area (Å²) in [7, 11) is 0. The lowest BCUT2D eigenvalue weighted by atomic mass is 9.98. The monoisotopic (exact) mass is 763 g/mol. The number of fused-ring (bicyclic) bond motifs is 8. The molecule has 0 aliphatic rings. The zero-order valence-electron chi connectivity index (χ0n) is 32.7. The van der Waals surface area contributed by atoms with Gasteiger partial charge < -0.3 is 0 Å². The summed E-state index contributed by atoms with van der Waals surface area (Å²) in [5, 5.41) is 29.1. The van der Waals surface area contributed by atoms with Crippen molar-refractivity contribution < 1.29 is 0 Å². The molecule has 0 amide bonds.